The summed E-state index contributed by atoms with van der Waals surface area (Å²) in [6, 6.07) is 19.4. The number of amides is 1. The van der Waals surface area contributed by atoms with Crippen LogP contribution in [0, 0.1) is 6.92 Å². The highest BCUT2D eigenvalue weighted by atomic mass is 35.5. The normalized spacial score (nSPS) is 11.4. The number of anilines is 1. The fourth-order valence-corrected chi connectivity index (χ4v) is 4.15. The van der Waals surface area contributed by atoms with Gasteiger partial charge in [0.05, 0.1) is 11.3 Å². The van der Waals surface area contributed by atoms with Gasteiger partial charge in [0.2, 0.25) is 5.91 Å². The fraction of sp³-hybridized carbons (Fsp3) is 0.125. The summed E-state index contributed by atoms with van der Waals surface area (Å²) in [5.74, 6) is 0.00899. The first kappa shape index (κ1) is 23.8. The number of carbonyl (C=O) groups is 1. The SMILES string of the molecule is Cc1ccc(-n2c(SCC(=O)Nc3cccc(C(F)(F)F)c3)nnc2-c2cccc(Cl)c2)cc1. The quantitative estimate of drug-likeness (QED) is 0.300. The molecule has 0 atom stereocenters. The number of hydrogen-bond acceptors (Lipinski definition) is 4. The number of aryl methyl sites for hydroxylation is 1. The second kappa shape index (κ2) is 9.90. The fourth-order valence-electron chi connectivity index (χ4n) is 3.20. The summed E-state index contributed by atoms with van der Waals surface area (Å²) in [6.45, 7) is 1.97. The van der Waals surface area contributed by atoms with Crippen molar-refractivity contribution in [3.8, 4) is 17.1 Å². The number of nitrogens with zero attached hydrogens (tertiary/aromatic N) is 3. The lowest BCUT2D eigenvalue weighted by Crippen LogP contribution is -2.15. The molecule has 0 unspecified atom stereocenters. The first-order valence-electron chi connectivity index (χ1n) is 10.1. The third-order valence-corrected chi connectivity index (χ3v) is 5.98. The van der Waals surface area contributed by atoms with Crippen LogP contribution in [0.1, 0.15) is 11.1 Å². The van der Waals surface area contributed by atoms with Gasteiger partial charge in [-0.25, -0.2) is 0 Å². The minimum atomic E-state index is -4.49. The molecule has 1 heterocycles. The van der Waals surface area contributed by atoms with Crippen molar-refractivity contribution in [2.45, 2.75) is 18.3 Å². The lowest BCUT2D eigenvalue weighted by Gasteiger charge is -2.12. The number of carbonyl (C=O) groups excluding carboxylic acids is 1. The Morgan fingerprint density at radius 3 is 2.47 bits per heavy atom. The number of thioether (sulfide) groups is 1. The number of rotatable bonds is 6. The van der Waals surface area contributed by atoms with Crippen molar-refractivity contribution >= 4 is 35.0 Å². The van der Waals surface area contributed by atoms with Gasteiger partial charge in [0.15, 0.2) is 11.0 Å². The Kier molecular flexibility index (Phi) is 6.95. The van der Waals surface area contributed by atoms with Gasteiger partial charge in [-0.05, 0) is 49.4 Å². The van der Waals surface area contributed by atoms with Crippen LogP contribution in [-0.2, 0) is 11.0 Å². The Morgan fingerprint density at radius 1 is 1.03 bits per heavy atom. The third-order valence-electron chi connectivity index (χ3n) is 4.81. The molecule has 4 aromatic rings. The minimum Gasteiger partial charge on any atom is -0.325 e. The lowest BCUT2D eigenvalue weighted by atomic mass is 10.2. The van der Waals surface area contributed by atoms with E-state index in [1.54, 1.807) is 18.2 Å². The van der Waals surface area contributed by atoms with Crippen molar-refractivity contribution in [2.24, 2.45) is 0 Å². The van der Waals surface area contributed by atoms with E-state index in [4.69, 9.17) is 11.6 Å². The highest BCUT2D eigenvalue weighted by Crippen LogP contribution is 2.31. The number of benzene rings is 3. The van der Waals surface area contributed by atoms with E-state index < -0.39 is 17.6 Å². The van der Waals surface area contributed by atoms with Crippen LogP contribution in [0.25, 0.3) is 17.1 Å². The molecule has 0 aliphatic carbocycles. The van der Waals surface area contributed by atoms with Gasteiger partial charge in [-0.2, -0.15) is 13.2 Å². The zero-order valence-electron chi connectivity index (χ0n) is 17.8. The molecule has 34 heavy (non-hydrogen) atoms. The molecule has 1 N–H and O–H groups in total. The van der Waals surface area contributed by atoms with E-state index in [-0.39, 0.29) is 11.4 Å². The molecule has 0 aliphatic rings. The molecule has 0 saturated heterocycles. The summed E-state index contributed by atoms with van der Waals surface area (Å²) >= 11 is 7.28. The highest BCUT2D eigenvalue weighted by molar-refractivity contribution is 7.99. The van der Waals surface area contributed by atoms with Crippen LogP contribution in [0.15, 0.2) is 78.0 Å². The van der Waals surface area contributed by atoms with E-state index in [1.165, 1.54) is 12.1 Å². The second-order valence-corrected chi connectivity index (χ2v) is 8.78. The van der Waals surface area contributed by atoms with Crippen molar-refractivity contribution in [1.82, 2.24) is 14.8 Å². The van der Waals surface area contributed by atoms with Crippen molar-refractivity contribution in [3.63, 3.8) is 0 Å². The molecule has 0 saturated carbocycles. The Bertz CT molecular complexity index is 1320. The summed E-state index contributed by atoms with van der Waals surface area (Å²) in [5, 5.41) is 12.1. The number of hydrogen-bond donors (Lipinski definition) is 1. The van der Waals surface area contributed by atoms with Crippen LogP contribution in [0.2, 0.25) is 5.02 Å². The van der Waals surface area contributed by atoms with E-state index in [9.17, 15) is 18.0 Å². The van der Waals surface area contributed by atoms with Crippen molar-refractivity contribution in [2.75, 3.05) is 11.1 Å². The molecule has 10 heteroatoms. The van der Waals surface area contributed by atoms with E-state index >= 15 is 0 Å². The van der Waals surface area contributed by atoms with Gasteiger partial charge in [-0.15, -0.1) is 10.2 Å². The summed E-state index contributed by atoms with van der Waals surface area (Å²) in [6.07, 6.45) is -4.49. The second-order valence-electron chi connectivity index (χ2n) is 7.40. The zero-order valence-corrected chi connectivity index (χ0v) is 19.4. The maximum Gasteiger partial charge on any atom is 0.416 e. The zero-order chi connectivity index (χ0) is 24.3. The molecule has 3 aromatic carbocycles. The monoisotopic (exact) mass is 502 g/mol. The first-order valence-corrected chi connectivity index (χ1v) is 11.5. The highest BCUT2D eigenvalue weighted by Gasteiger charge is 2.30. The van der Waals surface area contributed by atoms with Crippen LogP contribution in [0.3, 0.4) is 0 Å². The predicted octanol–water partition coefficient (Wildman–Crippen LogP) is 6.65. The number of aromatic nitrogens is 3. The van der Waals surface area contributed by atoms with Crippen LogP contribution < -0.4 is 5.32 Å². The topological polar surface area (TPSA) is 59.8 Å². The number of nitrogens with one attached hydrogen (secondary N) is 1. The molecular formula is C24H18ClF3N4OS. The number of halogens is 4. The largest absolute Gasteiger partial charge is 0.416 e. The minimum absolute atomic E-state index is 0.0695. The molecular weight excluding hydrogens is 485 g/mol. The number of alkyl halides is 3. The average molecular weight is 503 g/mol. The van der Waals surface area contributed by atoms with Gasteiger partial charge in [0.1, 0.15) is 0 Å². The van der Waals surface area contributed by atoms with E-state index in [1.807, 2.05) is 41.8 Å². The van der Waals surface area contributed by atoms with Gasteiger partial charge in [0.25, 0.3) is 0 Å². The molecule has 1 amide bonds. The van der Waals surface area contributed by atoms with E-state index in [2.05, 4.69) is 15.5 Å². The standard InChI is InChI=1S/C24H18ClF3N4OS/c1-15-8-10-20(11-9-15)32-22(16-4-2-6-18(25)12-16)30-31-23(32)34-14-21(33)29-19-7-3-5-17(13-19)24(26,27)28/h2-13H,14H2,1H3,(H,29,33). The lowest BCUT2D eigenvalue weighted by molar-refractivity contribution is -0.137. The van der Waals surface area contributed by atoms with Crippen LogP contribution >= 0.6 is 23.4 Å². The summed E-state index contributed by atoms with van der Waals surface area (Å²) < 4.78 is 40.6. The van der Waals surface area contributed by atoms with Crippen molar-refractivity contribution in [3.05, 3.63) is 88.9 Å². The Balaban J connectivity index is 1.57. The Morgan fingerprint density at radius 2 is 1.76 bits per heavy atom. The summed E-state index contributed by atoms with van der Waals surface area (Å²) in [4.78, 5) is 12.5. The molecule has 5 nitrogen and oxygen atoms in total. The van der Waals surface area contributed by atoms with Gasteiger partial charge in [-0.3, -0.25) is 9.36 Å². The molecule has 0 bridgehead atoms. The molecule has 0 radical (unpaired) electrons. The molecule has 4 rings (SSSR count). The van der Waals surface area contributed by atoms with Gasteiger partial charge in [-0.1, -0.05) is 59.3 Å². The maximum absolute atomic E-state index is 12.9. The summed E-state index contributed by atoms with van der Waals surface area (Å²) in [5.41, 5.74) is 1.87. The smallest absolute Gasteiger partial charge is 0.325 e. The molecule has 0 spiro atoms. The van der Waals surface area contributed by atoms with Crippen molar-refractivity contribution in [1.29, 1.82) is 0 Å². The van der Waals surface area contributed by atoms with Gasteiger partial charge >= 0.3 is 6.18 Å². The molecule has 1 aromatic heterocycles. The maximum atomic E-state index is 12.9. The van der Waals surface area contributed by atoms with Crippen LogP contribution in [0.4, 0.5) is 18.9 Å². The van der Waals surface area contributed by atoms with Crippen LogP contribution in [0.5, 0.6) is 0 Å². The van der Waals surface area contributed by atoms with Gasteiger partial charge < -0.3 is 5.32 Å². The first-order chi connectivity index (χ1) is 16.2. The predicted molar refractivity (Wildman–Crippen MR) is 127 cm³/mol. The molecule has 0 aliphatic heterocycles. The molecule has 0 fully saturated rings. The van der Waals surface area contributed by atoms with E-state index in [0.717, 1.165) is 40.7 Å². The van der Waals surface area contributed by atoms with Crippen molar-refractivity contribution < 1.29 is 18.0 Å². The average Bonchev–Trinajstić information content (AvgIpc) is 3.22. The Hall–Kier alpha value is -3.30. The Labute approximate surface area is 203 Å². The van der Waals surface area contributed by atoms with Crippen LogP contribution in [-0.4, -0.2) is 26.4 Å². The van der Waals surface area contributed by atoms with Gasteiger partial charge in [0, 0.05) is 22.0 Å². The third kappa shape index (κ3) is 5.60. The van der Waals surface area contributed by atoms with E-state index in [0.29, 0.717) is 16.0 Å². The molecule has 174 valence electrons. The summed E-state index contributed by atoms with van der Waals surface area (Å²) in [7, 11) is 0.